The summed E-state index contributed by atoms with van der Waals surface area (Å²) in [7, 11) is 0. The van der Waals surface area contributed by atoms with Crippen molar-refractivity contribution in [2.45, 2.75) is 31.6 Å². The third-order valence-corrected chi connectivity index (χ3v) is 6.58. The molecule has 1 fully saturated rings. The highest BCUT2D eigenvalue weighted by Crippen LogP contribution is 2.29. The van der Waals surface area contributed by atoms with Crippen LogP contribution in [-0.4, -0.2) is 38.8 Å². The molecule has 4 heterocycles. The van der Waals surface area contributed by atoms with E-state index in [1.165, 1.54) is 5.01 Å². The van der Waals surface area contributed by atoms with Gasteiger partial charge in [-0.2, -0.15) is 0 Å². The first kappa shape index (κ1) is 17.3. The van der Waals surface area contributed by atoms with E-state index in [0.29, 0.717) is 18.8 Å². The summed E-state index contributed by atoms with van der Waals surface area (Å²) in [6.45, 7) is 1.67. The van der Waals surface area contributed by atoms with Gasteiger partial charge in [-0.3, -0.25) is 9.78 Å². The Hall–Kier alpha value is -2.12. The number of rotatable bonds is 5. The lowest BCUT2D eigenvalue weighted by atomic mass is 9.97. The fourth-order valence-corrected chi connectivity index (χ4v) is 4.90. The molecule has 3 aromatic rings. The van der Waals surface area contributed by atoms with Crippen LogP contribution in [0.15, 0.2) is 41.5 Å². The number of amides is 1. The fourth-order valence-electron chi connectivity index (χ4n) is 3.25. The fraction of sp³-hybridized carbons (Fsp3) is 0.368. The Kier molecular flexibility index (Phi) is 5.36. The molecule has 0 saturated carbocycles. The van der Waals surface area contributed by atoms with E-state index in [-0.39, 0.29) is 5.91 Å². The summed E-state index contributed by atoms with van der Waals surface area (Å²) < 4.78 is 0. The number of hydrogen-bond acceptors (Lipinski definition) is 6. The molecule has 3 aromatic heterocycles. The largest absolute Gasteiger partial charge is 0.343 e. The molecule has 1 aliphatic heterocycles. The molecule has 0 bridgehead atoms. The van der Waals surface area contributed by atoms with Gasteiger partial charge in [0.25, 0.3) is 0 Å². The quantitative estimate of drug-likeness (QED) is 0.667. The average molecular weight is 385 g/mol. The zero-order valence-electron chi connectivity index (χ0n) is 14.4. The minimum Gasteiger partial charge on any atom is -0.343 e. The van der Waals surface area contributed by atoms with Crippen LogP contribution < -0.4 is 0 Å². The smallest absolute Gasteiger partial charge is 0.222 e. The van der Waals surface area contributed by atoms with Crippen molar-refractivity contribution in [3.63, 3.8) is 0 Å². The van der Waals surface area contributed by atoms with Gasteiger partial charge >= 0.3 is 0 Å². The van der Waals surface area contributed by atoms with Gasteiger partial charge in [-0.25, -0.2) is 9.97 Å². The Morgan fingerprint density at radius 3 is 2.85 bits per heavy atom. The SMILES string of the molecule is O=C(CCc1csc(-c2cccnc2)n1)N1CCC(c2nccs2)CC1. The molecular weight excluding hydrogens is 364 g/mol. The van der Waals surface area contributed by atoms with Crippen LogP contribution in [0.1, 0.15) is 35.9 Å². The van der Waals surface area contributed by atoms with Crippen LogP contribution in [0.3, 0.4) is 0 Å². The molecule has 26 heavy (non-hydrogen) atoms. The molecule has 134 valence electrons. The third kappa shape index (κ3) is 3.99. The third-order valence-electron chi connectivity index (χ3n) is 4.70. The van der Waals surface area contributed by atoms with Crippen molar-refractivity contribution < 1.29 is 4.79 Å². The minimum absolute atomic E-state index is 0.235. The summed E-state index contributed by atoms with van der Waals surface area (Å²) in [4.78, 5) is 27.7. The first-order chi connectivity index (χ1) is 12.8. The highest BCUT2D eigenvalue weighted by atomic mass is 32.1. The van der Waals surface area contributed by atoms with Gasteiger partial charge in [0.15, 0.2) is 0 Å². The molecule has 4 rings (SSSR count). The maximum absolute atomic E-state index is 12.5. The van der Waals surface area contributed by atoms with E-state index in [1.807, 2.05) is 40.2 Å². The molecule has 0 unspecified atom stereocenters. The van der Waals surface area contributed by atoms with Crippen LogP contribution in [0.5, 0.6) is 0 Å². The molecule has 1 saturated heterocycles. The predicted octanol–water partition coefficient (Wildman–Crippen LogP) is 4.00. The van der Waals surface area contributed by atoms with Crippen molar-refractivity contribution in [3.05, 3.63) is 52.2 Å². The van der Waals surface area contributed by atoms with Gasteiger partial charge in [0.2, 0.25) is 5.91 Å². The second-order valence-electron chi connectivity index (χ2n) is 6.41. The number of nitrogens with zero attached hydrogens (tertiary/aromatic N) is 4. The lowest BCUT2D eigenvalue weighted by molar-refractivity contribution is -0.132. The zero-order chi connectivity index (χ0) is 17.8. The number of aryl methyl sites for hydroxylation is 1. The Morgan fingerprint density at radius 1 is 1.23 bits per heavy atom. The molecule has 0 spiro atoms. The first-order valence-corrected chi connectivity index (χ1v) is 10.6. The number of carbonyl (C=O) groups excluding carboxylic acids is 1. The summed E-state index contributed by atoms with van der Waals surface area (Å²) >= 11 is 3.33. The standard InChI is InChI=1S/C19H20N4OS2/c24-17(23-9-5-14(6-10-23)18-21-8-11-25-18)4-3-16-13-26-19(22-16)15-2-1-7-20-12-15/h1-2,7-8,11-14H,3-6,9-10H2. The van der Waals surface area contributed by atoms with Crippen molar-refractivity contribution in [1.82, 2.24) is 19.9 Å². The topological polar surface area (TPSA) is 59.0 Å². The van der Waals surface area contributed by atoms with Gasteiger partial charge in [-0.15, -0.1) is 22.7 Å². The maximum Gasteiger partial charge on any atom is 0.222 e. The maximum atomic E-state index is 12.5. The molecule has 1 aliphatic rings. The van der Waals surface area contributed by atoms with E-state index in [0.717, 1.165) is 42.2 Å². The van der Waals surface area contributed by atoms with Crippen LogP contribution in [0.4, 0.5) is 0 Å². The molecule has 5 nitrogen and oxygen atoms in total. The van der Waals surface area contributed by atoms with Crippen molar-refractivity contribution in [3.8, 4) is 10.6 Å². The molecule has 0 aliphatic carbocycles. The van der Waals surface area contributed by atoms with E-state index in [9.17, 15) is 4.79 Å². The molecule has 7 heteroatoms. The number of hydrogen-bond donors (Lipinski definition) is 0. The number of likely N-dealkylation sites (tertiary alicyclic amines) is 1. The highest BCUT2D eigenvalue weighted by Gasteiger charge is 2.25. The van der Waals surface area contributed by atoms with Gasteiger partial charge in [0.1, 0.15) is 5.01 Å². The first-order valence-electron chi connectivity index (χ1n) is 8.81. The number of piperidine rings is 1. The van der Waals surface area contributed by atoms with E-state index < -0.39 is 0 Å². The van der Waals surface area contributed by atoms with Crippen LogP contribution in [0.2, 0.25) is 0 Å². The second-order valence-corrected chi connectivity index (χ2v) is 8.20. The van der Waals surface area contributed by atoms with E-state index in [4.69, 9.17) is 0 Å². The van der Waals surface area contributed by atoms with Gasteiger partial charge in [-0.05, 0) is 31.4 Å². The summed E-state index contributed by atoms with van der Waals surface area (Å²) in [6, 6.07) is 3.92. The normalized spacial score (nSPS) is 15.3. The molecule has 0 aromatic carbocycles. The second kappa shape index (κ2) is 8.05. The summed E-state index contributed by atoms with van der Waals surface area (Å²) in [6.07, 6.45) is 8.70. The Bertz CT molecular complexity index is 840. The van der Waals surface area contributed by atoms with Crippen molar-refractivity contribution in [2.24, 2.45) is 0 Å². The Balaban J connectivity index is 1.28. The van der Waals surface area contributed by atoms with E-state index >= 15 is 0 Å². The molecule has 0 N–H and O–H groups in total. The Morgan fingerprint density at radius 2 is 2.12 bits per heavy atom. The lowest BCUT2D eigenvalue weighted by Crippen LogP contribution is -2.38. The van der Waals surface area contributed by atoms with Crippen LogP contribution in [-0.2, 0) is 11.2 Å². The zero-order valence-corrected chi connectivity index (χ0v) is 16.0. The number of aromatic nitrogens is 3. The Labute approximate surface area is 160 Å². The number of carbonyl (C=O) groups is 1. The van der Waals surface area contributed by atoms with Gasteiger partial charge in [0, 0.05) is 60.3 Å². The number of thiazole rings is 2. The van der Waals surface area contributed by atoms with Gasteiger partial charge < -0.3 is 4.90 Å². The summed E-state index contributed by atoms with van der Waals surface area (Å²) in [5, 5.41) is 6.25. The average Bonchev–Trinajstić information content (AvgIpc) is 3.39. The molecule has 0 atom stereocenters. The summed E-state index contributed by atoms with van der Waals surface area (Å²) in [5.74, 6) is 0.748. The van der Waals surface area contributed by atoms with Gasteiger partial charge in [0.05, 0.1) is 10.7 Å². The minimum atomic E-state index is 0.235. The van der Waals surface area contributed by atoms with Crippen LogP contribution in [0.25, 0.3) is 10.6 Å². The van der Waals surface area contributed by atoms with Gasteiger partial charge in [-0.1, -0.05) is 0 Å². The summed E-state index contributed by atoms with van der Waals surface area (Å²) in [5.41, 5.74) is 2.01. The molecule has 1 amide bonds. The number of pyridine rings is 1. The monoisotopic (exact) mass is 384 g/mol. The lowest BCUT2D eigenvalue weighted by Gasteiger charge is -2.31. The van der Waals surface area contributed by atoms with Crippen molar-refractivity contribution >= 4 is 28.6 Å². The van der Waals surface area contributed by atoms with Crippen molar-refractivity contribution in [1.29, 1.82) is 0 Å². The van der Waals surface area contributed by atoms with E-state index in [2.05, 4.69) is 15.0 Å². The van der Waals surface area contributed by atoms with E-state index in [1.54, 1.807) is 28.9 Å². The highest BCUT2D eigenvalue weighted by molar-refractivity contribution is 7.13. The van der Waals surface area contributed by atoms with Crippen LogP contribution >= 0.6 is 22.7 Å². The van der Waals surface area contributed by atoms with Crippen molar-refractivity contribution in [2.75, 3.05) is 13.1 Å². The molecule has 0 radical (unpaired) electrons. The predicted molar refractivity (Wildman–Crippen MR) is 104 cm³/mol. The molecular formula is C19H20N4OS2. The van der Waals surface area contributed by atoms with Crippen LogP contribution in [0, 0.1) is 0 Å².